The molecule has 3 aromatic heterocycles. The van der Waals surface area contributed by atoms with E-state index in [1.807, 2.05) is 53.3 Å². The summed E-state index contributed by atoms with van der Waals surface area (Å²) in [6.45, 7) is 2.75. The van der Waals surface area contributed by atoms with Crippen molar-refractivity contribution in [2.24, 2.45) is 0 Å². The minimum Gasteiger partial charge on any atom is -0.491 e. The summed E-state index contributed by atoms with van der Waals surface area (Å²) in [5.41, 5.74) is 3.41. The Morgan fingerprint density at radius 3 is 2.59 bits per heavy atom. The lowest BCUT2D eigenvalue weighted by atomic mass is 10.1. The molecule has 162 valence electrons. The molecule has 5 rings (SSSR count). The van der Waals surface area contributed by atoms with Crippen LogP contribution in [0.1, 0.15) is 0 Å². The minimum absolute atomic E-state index is 0.566. The molecule has 0 amide bonds. The third-order valence-electron chi connectivity index (χ3n) is 5.18. The third kappa shape index (κ3) is 4.10. The number of hydrogen-bond donors (Lipinski definition) is 1. The van der Waals surface area contributed by atoms with E-state index in [4.69, 9.17) is 19.4 Å². The molecule has 0 radical (unpaired) electrons. The third-order valence-corrected chi connectivity index (χ3v) is 5.18. The minimum atomic E-state index is 0.566. The second-order valence-electron chi connectivity index (χ2n) is 7.22. The van der Waals surface area contributed by atoms with Crippen LogP contribution in [0.15, 0.2) is 67.3 Å². The lowest BCUT2D eigenvalue weighted by Crippen LogP contribution is -2.37. The number of methoxy groups -OCH3 is 1. The highest BCUT2D eigenvalue weighted by Gasteiger charge is 2.22. The van der Waals surface area contributed by atoms with Gasteiger partial charge in [-0.15, -0.1) is 0 Å². The highest BCUT2D eigenvalue weighted by Crippen LogP contribution is 2.37. The number of ether oxygens (including phenoxy) is 2. The van der Waals surface area contributed by atoms with E-state index in [9.17, 15) is 0 Å². The first kappa shape index (κ1) is 20.0. The van der Waals surface area contributed by atoms with E-state index in [1.165, 1.54) is 0 Å². The van der Waals surface area contributed by atoms with Crippen molar-refractivity contribution in [1.82, 2.24) is 24.7 Å². The Morgan fingerprint density at radius 2 is 1.84 bits per heavy atom. The Balaban J connectivity index is 1.63. The average Bonchev–Trinajstić information content (AvgIpc) is 3.40. The Labute approximate surface area is 185 Å². The number of rotatable bonds is 6. The van der Waals surface area contributed by atoms with Crippen LogP contribution in [-0.2, 0) is 4.74 Å². The summed E-state index contributed by atoms with van der Waals surface area (Å²) in [6, 6.07) is 13.7. The maximum absolute atomic E-state index is 5.81. The van der Waals surface area contributed by atoms with Gasteiger partial charge in [-0.1, -0.05) is 12.1 Å². The zero-order chi connectivity index (χ0) is 21.8. The Hall–Kier alpha value is -3.98. The molecular weight excluding hydrogens is 406 g/mol. The van der Waals surface area contributed by atoms with E-state index < -0.39 is 0 Å². The Bertz CT molecular complexity index is 1180. The molecule has 0 atom stereocenters. The largest absolute Gasteiger partial charge is 0.491 e. The zero-order valence-electron chi connectivity index (χ0n) is 17.7. The summed E-state index contributed by atoms with van der Waals surface area (Å²) in [6.07, 6.45) is 7.12. The lowest BCUT2D eigenvalue weighted by Gasteiger charge is -2.28. The predicted molar refractivity (Wildman–Crippen MR) is 122 cm³/mol. The number of benzene rings is 1. The van der Waals surface area contributed by atoms with Gasteiger partial charge in [-0.2, -0.15) is 10.1 Å². The van der Waals surface area contributed by atoms with Crippen LogP contribution in [0.2, 0.25) is 0 Å². The first-order chi connectivity index (χ1) is 15.8. The van der Waals surface area contributed by atoms with E-state index in [1.54, 1.807) is 25.7 Å². The van der Waals surface area contributed by atoms with Gasteiger partial charge in [0.05, 0.1) is 26.0 Å². The van der Waals surface area contributed by atoms with Gasteiger partial charge in [0.25, 0.3) is 0 Å². The van der Waals surface area contributed by atoms with Crippen molar-refractivity contribution < 1.29 is 9.47 Å². The van der Waals surface area contributed by atoms with Crippen molar-refractivity contribution in [2.45, 2.75) is 0 Å². The van der Waals surface area contributed by atoms with Crippen LogP contribution >= 0.6 is 0 Å². The Kier molecular flexibility index (Phi) is 5.63. The van der Waals surface area contributed by atoms with Crippen molar-refractivity contribution in [3.63, 3.8) is 0 Å². The molecule has 32 heavy (non-hydrogen) atoms. The SMILES string of the molecule is COc1c(Nc2ccncc2)nc(N2CCOCC2)nc1-c1cccc(-n2cccn2)c1. The molecule has 0 saturated carbocycles. The number of nitrogens with one attached hydrogen (secondary N) is 1. The van der Waals surface area contributed by atoms with Gasteiger partial charge in [-0.25, -0.2) is 9.67 Å². The first-order valence-electron chi connectivity index (χ1n) is 10.4. The molecule has 1 aliphatic rings. The summed E-state index contributed by atoms with van der Waals surface area (Å²) >= 11 is 0. The van der Waals surface area contributed by atoms with Gasteiger partial charge >= 0.3 is 0 Å². The fraction of sp³-hybridized carbons (Fsp3) is 0.217. The summed E-state index contributed by atoms with van der Waals surface area (Å²) in [5.74, 6) is 1.79. The topological polar surface area (TPSA) is 90.2 Å². The normalized spacial score (nSPS) is 13.7. The molecule has 1 aliphatic heterocycles. The summed E-state index contributed by atoms with van der Waals surface area (Å²) in [4.78, 5) is 15.9. The molecule has 0 spiro atoms. The number of morpholine rings is 1. The number of hydrogen-bond acceptors (Lipinski definition) is 8. The monoisotopic (exact) mass is 429 g/mol. The molecule has 1 aromatic carbocycles. The molecule has 0 aliphatic carbocycles. The van der Waals surface area contributed by atoms with Crippen LogP contribution in [0, 0.1) is 0 Å². The van der Waals surface area contributed by atoms with Gasteiger partial charge in [0, 0.05) is 49.1 Å². The molecule has 4 aromatic rings. The second kappa shape index (κ2) is 9.03. The predicted octanol–water partition coefficient (Wildman–Crippen LogP) is 3.31. The number of aromatic nitrogens is 5. The van der Waals surface area contributed by atoms with Crippen molar-refractivity contribution in [3.05, 3.63) is 67.3 Å². The number of anilines is 3. The van der Waals surface area contributed by atoms with Gasteiger partial charge in [-0.05, 0) is 30.3 Å². The van der Waals surface area contributed by atoms with Crippen LogP contribution in [-0.4, -0.2) is 58.1 Å². The van der Waals surface area contributed by atoms with Crippen LogP contribution < -0.4 is 15.0 Å². The highest BCUT2D eigenvalue weighted by atomic mass is 16.5. The van der Waals surface area contributed by atoms with Gasteiger partial charge in [0.1, 0.15) is 5.69 Å². The van der Waals surface area contributed by atoms with E-state index in [-0.39, 0.29) is 0 Å². The van der Waals surface area contributed by atoms with Crippen LogP contribution in [0.25, 0.3) is 16.9 Å². The lowest BCUT2D eigenvalue weighted by molar-refractivity contribution is 0.122. The smallest absolute Gasteiger partial charge is 0.228 e. The molecule has 1 fully saturated rings. The fourth-order valence-corrected chi connectivity index (χ4v) is 3.61. The molecule has 4 heterocycles. The van der Waals surface area contributed by atoms with Crippen molar-refractivity contribution in [1.29, 1.82) is 0 Å². The highest BCUT2D eigenvalue weighted by molar-refractivity contribution is 5.77. The fourth-order valence-electron chi connectivity index (χ4n) is 3.61. The summed E-state index contributed by atoms with van der Waals surface area (Å²) in [5, 5.41) is 7.70. The van der Waals surface area contributed by atoms with Gasteiger partial charge in [0.2, 0.25) is 5.95 Å². The van der Waals surface area contributed by atoms with E-state index in [0.29, 0.717) is 36.4 Å². The molecular formula is C23H23N7O2. The second-order valence-corrected chi connectivity index (χ2v) is 7.22. The maximum atomic E-state index is 5.81. The maximum Gasteiger partial charge on any atom is 0.228 e. The molecule has 1 N–H and O–H groups in total. The molecule has 0 bridgehead atoms. The van der Waals surface area contributed by atoms with E-state index >= 15 is 0 Å². The summed E-state index contributed by atoms with van der Waals surface area (Å²) < 4.78 is 13.1. The standard InChI is InChI=1S/C23H23N7O2/c1-31-21-20(17-4-2-5-19(16-17)30-11-3-8-25-30)27-23(29-12-14-32-15-13-29)28-22(21)26-18-6-9-24-10-7-18/h2-11,16H,12-15H2,1H3,(H,24,26,27,28). The molecule has 9 heteroatoms. The number of pyridine rings is 1. The molecule has 0 unspecified atom stereocenters. The van der Waals surface area contributed by atoms with Crippen LogP contribution in [0.5, 0.6) is 5.75 Å². The summed E-state index contributed by atoms with van der Waals surface area (Å²) in [7, 11) is 1.63. The average molecular weight is 429 g/mol. The van der Waals surface area contributed by atoms with Gasteiger partial charge in [0.15, 0.2) is 11.6 Å². The van der Waals surface area contributed by atoms with Gasteiger partial charge < -0.3 is 19.7 Å². The van der Waals surface area contributed by atoms with Gasteiger partial charge in [-0.3, -0.25) is 4.98 Å². The quantitative estimate of drug-likeness (QED) is 0.499. The molecule has 1 saturated heterocycles. The first-order valence-corrected chi connectivity index (χ1v) is 10.4. The van der Waals surface area contributed by atoms with Crippen molar-refractivity contribution in [3.8, 4) is 22.7 Å². The van der Waals surface area contributed by atoms with Crippen LogP contribution in [0.4, 0.5) is 17.5 Å². The molecule has 9 nitrogen and oxygen atoms in total. The van der Waals surface area contributed by atoms with E-state index in [2.05, 4.69) is 20.3 Å². The van der Waals surface area contributed by atoms with Crippen molar-refractivity contribution >= 4 is 17.5 Å². The zero-order valence-corrected chi connectivity index (χ0v) is 17.7. The van der Waals surface area contributed by atoms with Crippen molar-refractivity contribution in [2.75, 3.05) is 43.6 Å². The van der Waals surface area contributed by atoms with Crippen LogP contribution in [0.3, 0.4) is 0 Å². The Morgan fingerprint density at radius 1 is 1.00 bits per heavy atom. The van der Waals surface area contributed by atoms with E-state index in [0.717, 1.165) is 30.0 Å². The number of nitrogens with zero attached hydrogens (tertiary/aromatic N) is 6.